The van der Waals surface area contributed by atoms with Crippen LogP contribution in [0.1, 0.15) is 44.6 Å². The Balaban J connectivity index is 1.54. The summed E-state index contributed by atoms with van der Waals surface area (Å²) in [6, 6.07) is 9.79. The number of esters is 1. The quantitative estimate of drug-likeness (QED) is 0.662. The molecule has 8 nitrogen and oxygen atoms in total. The lowest BCUT2D eigenvalue weighted by atomic mass is 9.76. The molecule has 2 fully saturated rings. The number of rotatable bonds is 7. The smallest absolute Gasteiger partial charge is 0.410 e. The Morgan fingerprint density at radius 3 is 2.45 bits per heavy atom. The molecule has 0 saturated carbocycles. The van der Waals surface area contributed by atoms with Crippen LogP contribution >= 0.6 is 0 Å². The molecule has 2 heterocycles. The minimum absolute atomic E-state index is 0.209. The standard InChI is InChI=1S/C23H32N2O6/c1-2-30-21(28)23(15-20(26)27)11-6-12-25(17-23)19-9-13-24(14-10-19)22(29)31-16-18-7-4-3-5-8-18/h3-5,7-8,19H,2,6,9-17H2,1H3,(H,26,27). The highest BCUT2D eigenvalue weighted by Crippen LogP contribution is 2.37. The van der Waals surface area contributed by atoms with Crippen LogP contribution < -0.4 is 0 Å². The van der Waals surface area contributed by atoms with E-state index in [4.69, 9.17) is 9.47 Å². The molecule has 0 spiro atoms. The molecule has 1 aromatic rings. The summed E-state index contributed by atoms with van der Waals surface area (Å²) in [5.41, 5.74) is -0.0425. The first kappa shape index (κ1) is 23.1. The van der Waals surface area contributed by atoms with Gasteiger partial charge < -0.3 is 19.5 Å². The van der Waals surface area contributed by atoms with Gasteiger partial charge in [-0.15, -0.1) is 0 Å². The first-order valence-corrected chi connectivity index (χ1v) is 11.0. The van der Waals surface area contributed by atoms with Crippen molar-refractivity contribution in [2.24, 2.45) is 5.41 Å². The zero-order valence-electron chi connectivity index (χ0n) is 18.1. The number of hydrogen-bond donors (Lipinski definition) is 1. The van der Waals surface area contributed by atoms with Crippen molar-refractivity contribution in [2.45, 2.75) is 51.7 Å². The maximum absolute atomic E-state index is 12.6. The van der Waals surface area contributed by atoms with Crippen molar-refractivity contribution in [1.29, 1.82) is 0 Å². The number of carbonyl (C=O) groups is 3. The highest BCUT2D eigenvalue weighted by molar-refractivity contribution is 5.83. The fourth-order valence-electron chi connectivity index (χ4n) is 4.66. The van der Waals surface area contributed by atoms with Gasteiger partial charge in [0.1, 0.15) is 6.61 Å². The second-order valence-corrected chi connectivity index (χ2v) is 8.40. The molecule has 0 aliphatic carbocycles. The molecular formula is C23H32N2O6. The molecular weight excluding hydrogens is 400 g/mol. The lowest BCUT2D eigenvalue weighted by molar-refractivity contribution is -0.165. The molecule has 31 heavy (non-hydrogen) atoms. The predicted molar refractivity (Wildman–Crippen MR) is 113 cm³/mol. The lowest BCUT2D eigenvalue weighted by Gasteiger charge is -2.45. The van der Waals surface area contributed by atoms with Crippen LogP contribution in [0.2, 0.25) is 0 Å². The van der Waals surface area contributed by atoms with E-state index in [9.17, 15) is 19.5 Å². The van der Waals surface area contributed by atoms with Crippen LogP contribution in [0.3, 0.4) is 0 Å². The number of piperidine rings is 2. The van der Waals surface area contributed by atoms with Gasteiger partial charge in [-0.25, -0.2) is 4.79 Å². The summed E-state index contributed by atoms with van der Waals surface area (Å²) in [4.78, 5) is 40.4. The average molecular weight is 433 g/mol. The number of carbonyl (C=O) groups excluding carboxylic acids is 2. The Kier molecular flexibility index (Phi) is 7.90. The van der Waals surface area contributed by atoms with Crippen LogP contribution in [0.25, 0.3) is 0 Å². The van der Waals surface area contributed by atoms with E-state index < -0.39 is 17.4 Å². The van der Waals surface area contributed by atoms with Crippen LogP contribution in [0.15, 0.2) is 30.3 Å². The number of ether oxygens (including phenoxy) is 2. The molecule has 0 aromatic heterocycles. The fourth-order valence-corrected chi connectivity index (χ4v) is 4.66. The van der Waals surface area contributed by atoms with Crippen molar-refractivity contribution >= 4 is 18.0 Å². The third kappa shape index (κ3) is 5.97. The number of carboxylic acids is 1. The molecule has 8 heteroatoms. The van der Waals surface area contributed by atoms with Crippen LogP contribution in [0, 0.1) is 5.41 Å². The molecule has 3 rings (SSSR count). The summed E-state index contributed by atoms with van der Waals surface area (Å²) in [6.45, 7) is 4.61. The van der Waals surface area contributed by atoms with Crippen molar-refractivity contribution < 1.29 is 29.0 Å². The number of nitrogens with zero attached hydrogens (tertiary/aromatic N) is 2. The summed E-state index contributed by atoms with van der Waals surface area (Å²) < 4.78 is 10.7. The number of likely N-dealkylation sites (tertiary alicyclic amines) is 2. The molecule has 1 amide bonds. The van der Waals surface area contributed by atoms with Gasteiger partial charge in [0.2, 0.25) is 0 Å². The van der Waals surface area contributed by atoms with Gasteiger partial charge in [-0.05, 0) is 44.7 Å². The molecule has 1 N–H and O–H groups in total. The number of carboxylic acid groups (broad SMARTS) is 1. The number of amides is 1. The monoisotopic (exact) mass is 432 g/mol. The fraction of sp³-hybridized carbons (Fsp3) is 0.609. The van der Waals surface area contributed by atoms with Crippen molar-refractivity contribution in [1.82, 2.24) is 9.80 Å². The van der Waals surface area contributed by atoms with E-state index in [1.165, 1.54) is 0 Å². The first-order chi connectivity index (χ1) is 14.9. The maximum Gasteiger partial charge on any atom is 0.410 e. The molecule has 2 aliphatic rings. The van der Waals surface area contributed by atoms with Gasteiger partial charge in [-0.1, -0.05) is 30.3 Å². The normalized spacial score (nSPS) is 22.7. The van der Waals surface area contributed by atoms with Crippen LogP contribution in [-0.4, -0.2) is 71.8 Å². The Hall–Kier alpha value is -2.61. The van der Waals surface area contributed by atoms with Crippen molar-refractivity contribution in [3.05, 3.63) is 35.9 Å². The number of aliphatic carboxylic acids is 1. The molecule has 170 valence electrons. The Morgan fingerprint density at radius 2 is 1.81 bits per heavy atom. The Labute approximate surface area is 183 Å². The lowest BCUT2D eigenvalue weighted by Crippen LogP contribution is -2.55. The molecule has 1 atom stereocenters. The maximum atomic E-state index is 12.6. The van der Waals surface area contributed by atoms with E-state index in [1.54, 1.807) is 11.8 Å². The Morgan fingerprint density at radius 1 is 1.10 bits per heavy atom. The summed E-state index contributed by atoms with van der Waals surface area (Å²) in [7, 11) is 0. The summed E-state index contributed by atoms with van der Waals surface area (Å²) in [5, 5.41) is 9.39. The molecule has 0 radical (unpaired) electrons. The van der Waals surface area contributed by atoms with Crippen molar-refractivity contribution in [3.63, 3.8) is 0 Å². The van der Waals surface area contributed by atoms with Gasteiger partial charge in [-0.3, -0.25) is 14.5 Å². The van der Waals surface area contributed by atoms with Gasteiger partial charge in [0, 0.05) is 25.7 Å². The SMILES string of the molecule is CCOC(=O)C1(CC(=O)O)CCCN(C2CCN(C(=O)OCc3ccccc3)CC2)C1. The van der Waals surface area contributed by atoms with Gasteiger partial charge in [0.05, 0.1) is 18.4 Å². The minimum Gasteiger partial charge on any atom is -0.481 e. The van der Waals surface area contributed by atoms with E-state index in [2.05, 4.69) is 4.90 Å². The zero-order valence-corrected chi connectivity index (χ0v) is 18.1. The van der Waals surface area contributed by atoms with Crippen molar-refractivity contribution in [3.8, 4) is 0 Å². The Bertz CT molecular complexity index is 763. The zero-order chi connectivity index (χ0) is 22.3. The van der Waals surface area contributed by atoms with Crippen LogP contribution in [0.4, 0.5) is 4.79 Å². The number of hydrogen-bond acceptors (Lipinski definition) is 6. The van der Waals surface area contributed by atoms with Gasteiger partial charge in [0.25, 0.3) is 0 Å². The minimum atomic E-state index is -0.994. The number of benzene rings is 1. The third-order valence-corrected chi connectivity index (χ3v) is 6.25. The highest BCUT2D eigenvalue weighted by atomic mass is 16.6. The third-order valence-electron chi connectivity index (χ3n) is 6.25. The predicted octanol–water partition coefficient (Wildman–Crippen LogP) is 2.91. The molecule has 2 aliphatic heterocycles. The second-order valence-electron chi connectivity index (χ2n) is 8.40. The van der Waals surface area contributed by atoms with Gasteiger partial charge >= 0.3 is 18.0 Å². The second kappa shape index (κ2) is 10.6. The first-order valence-electron chi connectivity index (χ1n) is 11.0. The van der Waals surface area contributed by atoms with Crippen LogP contribution in [-0.2, 0) is 25.7 Å². The average Bonchev–Trinajstić information content (AvgIpc) is 2.78. The summed E-state index contributed by atoms with van der Waals surface area (Å²) >= 11 is 0. The van der Waals surface area contributed by atoms with E-state index in [-0.39, 0.29) is 31.8 Å². The molecule has 1 aromatic carbocycles. The van der Waals surface area contributed by atoms with Crippen molar-refractivity contribution in [2.75, 3.05) is 32.8 Å². The summed E-state index contributed by atoms with van der Waals surface area (Å²) in [6.07, 6.45) is 2.30. The molecule has 2 saturated heterocycles. The summed E-state index contributed by atoms with van der Waals surface area (Å²) in [5.74, 6) is -1.39. The van der Waals surface area contributed by atoms with E-state index in [1.807, 2.05) is 30.3 Å². The van der Waals surface area contributed by atoms with Gasteiger partial charge in [0.15, 0.2) is 0 Å². The molecule has 0 bridgehead atoms. The van der Waals surface area contributed by atoms with Crippen LogP contribution in [0.5, 0.6) is 0 Å². The largest absolute Gasteiger partial charge is 0.481 e. The van der Waals surface area contributed by atoms with E-state index in [0.717, 1.165) is 31.4 Å². The topological polar surface area (TPSA) is 96.4 Å². The molecule has 1 unspecified atom stereocenters. The van der Waals surface area contributed by atoms with Gasteiger partial charge in [-0.2, -0.15) is 0 Å². The van der Waals surface area contributed by atoms with E-state index >= 15 is 0 Å². The van der Waals surface area contributed by atoms with E-state index in [0.29, 0.717) is 26.1 Å². The highest BCUT2D eigenvalue weighted by Gasteiger charge is 2.46.